The van der Waals surface area contributed by atoms with Crippen LogP contribution in [0.2, 0.25) is 8.67 Å². The average Bonchev–Trinajstić information content (AvgIpc) is 2.43. The molecule has 0 saturated heterocycles. The van der Waals surface area contributed by atoms with E-state index in [0.29, 0.717) is 0 Å². The van der Waals surface area contributed by atoms with E-state index in [1.165, 1.54) is 6.07 Å². The maximum atomic E-state index is 11.9. The molecule has 8 heteroatoms. The average molecular weight is 316 g/mol. The molecule has 0 aromatic carbocycles. The van der Waals surface area contributed by atoms with Crippen molar-refractivity contribution in [1.29, 1.82) is 0 Å². The molecule has 0 spiro atoms. The molecule has 0 fully saturated rings. The number of rotatable bonds is 2. The Morgan fingerprint density at radius 1 is 1.35 bits per heavy atom. The zero-order valence-corrected chi connectivity index (χ0v) is 12.5. The lowest BCUT2D eigenvalue weighted by Crippen LogP contribution is -2.38. The minimum atomic E-state index is -3.96. The van der Waals surface area contributed by atoms with E-state index in [-0.39, 0.29) is 13.6 Å². The molecule has 1 aromatic heterocycles. The Bertz CT molecular complexity index is 543. The number of amides is 1. The van der Waals surface area contributed by atoms with Gasteiger partial charge in [-0.05, 0) is 6.07 Å². The molecule has 1 heterocycles. The van der Waals surface area contributed by atoms with Crippen molar-refractivity contribution >= 4 is 50.5 Å². The Kier molecular flexibility index (Phi) is 4.13. The Hall–Kier alpha value is -0.300. The van der Waals surface area contributed by atoms with E-state index >= 15 is 0 Å². The van der Waals surface area contributed by atoms with Crippen LogP contribution in [-0.4, -0.2) is 14.3 Å². The number of nitrogens with one attached hydrogen (secondary N) is 1. The van der Waals surface area contributed by atoms with Crippen molar-refractivity contribution in [3.63, 3.8) is 0 Å². The topological polar surface area (TPSA) is 63.2 Å². The summed E-state index contributed by atoms with van der Waals surface area (Å²) in [5.41, 5.74) is -0.806. The Morgan fingerprint density at radius 2 is 1.88 bits per heavy atom. The number of halogens is 2. The zero-order valence-electron chi connectivity index (χ0n) is 9.37. The second-order valence-electron chi connectivity index (χ2n) is 4.37. The first-order valence-electron chi connectivity index (χ1n) is 4.56. The van der Waals surface area contributed by atoms with Crippen LogP contribution < -0.4 is 4.72 Å². The van der Waals surface area contributed by atoms with Gasteiger partial charge in [0.25, 0.3) is 10.0 Å². The third-order valence-electron chi connectivity index (χ3n) is 1.82. The molecule has 1 rings (SSSR count). The molecule has 0 radical (unpaired) electrons. The van der Waals surface area contributed by atoms with Crippen LogP contribution in [0.4, 0.5) is 0 Å². The molecule has 0 atom stereocenters. The Labute approximate surface area is 114 Å². The molecule has 0 aliphatic rings. The maximum absolute atomic E-state index is 11.9. The molecule has 0 bridgehead atoms. The van der Waals surface area contributed by atoms with E-state index in [0.717, 1.165) is 11.3 Å². The first-order chi connectivity index (χ1) is 7.54. The fourth-order valence-electron chi connectivity index (χ4n) is 0.838. The van der Waals surface area contributed by atoms with Crippen molar-refractivity contribution in [3.8, 4) is 0 Å². The molecule has 1 N–H and O–H groups in total. The largest absolute Gasteiger partial charge is 0.273 e. The molecule has 4 nitrogen and oxygen atoms in total. The van der Waals surface area contributed by atoms with Gasteiger partial charge < -0.3 is 0 Å². The number of hydrogen-bond acceptors (Lipinski definition) is 4. The molecule has 0 aliphatic heterocycles. The third-order valence-corrected chi connectivity index (χ3v) is 4.91. The quantitative estimate of drug-likeness (QED) is 0.912. The number of thiophene rings is 1. The van der Waals surface area contributed by atoms with Crippen molar-refractivity contribution in [2.75, 3.05) is 0 Å². The summed E-state index contributed by atoms with van der Waals surface area (Å²) in [5.74, 6) is -0.601. The molecule has 0 saturated carbocycles. The van der Waals surface area contributed by atoms with E-state index < -0.39 is 21.3 Å². The summed E-state index contributed by atoms with van der Waals surface area (Å²) >= 11 is 12.3. The highest BCUT2D eigenvalue weighted by molar-refractivity contribution is 7.90. The van der Waals surface area contributed by atoms with Gasteiger partial charge in [0.05, 0.1) is 4.34 Å². The van der Waals surface area contributed by atoms with Gasteiger partial charge >= 0.3 is 0 Å². The first kappa shape index (κ1) is 14.8. The number of sulfonamides is 1. The predicted octanol–water partition coefficient (Wildman–Crippen LogP) is 2.91. The SMILES string of the molecule is CC(C)(C)C(=O)NS(=O)(=O)c1cc(Cl)sc1Cl. The summed E-state index contributed by atoms with van der Waals surface area (Å²) in [6, 6.07) is 1.22. The third kappa shape index (κ3) is 3.58. The first-order valence-corrected chi connectivity index (χ1v) is 7.61. The van der Waals surface area contributed by atoms with Crippen LogP contribution >= 0.6 is 34.5 Å². The van der Waals surface area contributed by atoms with E-state index in [4.69, 9.17) is 23.2 Å². The van der Waals surface area contributed by atoms with E-state index in [1.54, 1.807) is 20.8 Å². The highest BCUT2D eigenvalue weighted by atomic mass is 35.5. The van der Waals surface area contributed by atoms with E-state index in [1.807, 2.05) is 4.72 Å². The highest BCUT2D eigenvalue weighted by Gasteiger charge is 2.29. The van der Waals surface area contributed by atoms with Crippen LogP contribution in [-0.2, 0) is 14.8 Å². The van der Waals surface area contributed by atoms with Gasteiger partial charge in [-0.3, -0.25) is 4.79 Å². The summed E-state index contributed by atoms with van der Waals surface area (Å²) in [4.78, 5) is 11.4. The van der Waals surface area contributed by atoms with E-state index in [2.05, 4.69) is 0 Å². The maximum Gasteiger partial charge on any atom is 0.266 e. The van der Waals surface area contributed by atoms with Crippen molar-refractivity contribution in [2.24, 2.45) is 5.41 Å². The summed E-state index contributed by atoms with van der Waals surface area (Å²) in [5, 5.41) is 0. The normalized spacial score (nSPS) is 12.5. The van der Waals surface area contributed by atoms with Crippen LogP contribution in [0, 0.1) is 5.41 Å². The van der Waals surface area contributed by atoms with Crippen LogP contribution in [0.5, 0.6) is 0 Å². The molecular formula is C9H11Cl2NO3S2. The fourth-order valence-corrected chi connectivity index (χ4v) is 4.15. The number of carbonyl (C=O) groups is 1. The van der Waals surface area contributed by atoms with Gasteiger partial charge in [-0.1, -0.05) is 44.0 Å². The van der Waals surface area contributed by atoms with Crippen molar-refractivity contribution in [2.45, 2.75) is 25.7 Å². The Morgan fingerprint density at radius 3 is 2.24 bits per heavy atom. The summed E-state index contributed by atoms with van der Waals surface area (Å²) in [6.45, 7) is 4.83. The lowest BCUT2D eigenvalue weighted by atomic mass is 9.96. The molecule has 1 aromatic rings. The molecular weight excluding hydrogens is 305 g/mol. The van der Waals surface area contributed by atoms with Gasteiger partial charge in [0.2, 0.25) is 5.91 Å². The summed E-state index contributed by atoms with van der Waals surface area (Å²) in [7, 11) is -3.96. The summed E-state index contributed by atoms with van der Waals surface area (Å²) in [6.07, 6.45) is 0. The molecule has 0 aliphatic carbocycles. The Balaban J connectivity index is 3.06. The lowest BCUT2D eigenvalue weighted by Gasteiger charge is -2.17. The molecule has 96 valence electrons. The molecule has 1 amide bonds. The van der Waals surface area contributed by atoms with Gasteiger partial charge in [0, 0.05) is 5.41 Å². The minimum absolute atomic E-state index is 0.0317. The van der Waals surface area contributed by atoms with Gasteiger partial charge in [0.1, 0.15) is 9.23 Å². The van der Waals surface area contributed by atoms with Crippen LogP contribution in [0.15, 0.2) is 11.0 Å². The van der Waals surface area contributed by atoms with Crippen molar-refractivity contribution in [1.82, 2.24) is 4.72 Å². The second kappa shape index (κ2) is 4.76. The minimum Gasteiger partial charge on any atom is -0.273 e. The van der Waals surface area contributed by atoms with Gasteiger partial charge in [0.15, 0.2) is 0 Å². The zero-order chi connectivity index (χ0) is 13.4. The van der Waals surface area contributed by atoms with Crippen LogP contribution in [0.1, 0.15) is 20.8 Å². The monoisotopic (exact) mass is 315 g/mol. The van der Waals surface area contributed by atoms with Gasteiger partial charge in [-0.25, -0.2) is 13.1 Å². The fraction of sp³-hybridized carbons (Fsp3) is 0.444. The van der Waals surface area contributed by atoms with E-state index in [9.17, 15) is 13.2 Å². The number of carbonyl (C=O) groups excluding carboxylic acids is 1. The van der Waals surface area contributed by atoms with Gasteiger partial charge in [-0.15, -0.1) is 11.3 Å². The van der Waals surface area contributed by atoms with Gasteiger partial charge in [-0.2, -0.15) is 0 Å². The molecule has 17 heavy (non-hydrogen) atoms. The smallest absolute Gasteiger partial charge is 0.266 e. The predicted molar refractivity (Wildman–Crippen MR) is 69.1 cm³/mol. The molecule has 0 unspecified atom stereocenters. The second-order valence-corrected chi connectivity index (χ2v) is 8.31. The van der Waals surface area contributed by atoms with Crippen LogP contribution in [0.3, 0.4) is 0 Å². The standard InChI is InChI=1S/C9H11Cl2NO3S2/c1-9(2,3)8(13)12-17(14,15)5-4-6(10)16-7(5)11/h4H,1-3H3,(H,12,13). The highest BCUT2D eigenvalue weighted by Crippen LogP contribution is 2.34. The summed E-state index contributed by atoms with van der Waals surface area (Å²) < 4.78 is 26.0. The van der Waals surface area contributed by atoms with Crippen LogP contribution in [0.25, 0.3) is 0 Å². The number of hydrogen-bond donors (Lipinski definition) is 1. The van der Waals surface area contributed by atoms with Crippen molar-refractivity contribution < 1.29 is 13.2 Å². The lowest BCUT2D eigenvalue weighted by molar-refractivity contribution is -0.126. The van der Waals surface area contributed by atoms with Crippen molar-refractivity contribution in [3.05, 3.63) is 14.7 Å².